The van der Waals surface area contributed by atoms with Gasteiger partial charge in [-0.15, -0.1) is 0 Å². The van der Waals surface area contributed by atoms with Crippen LogP contribution in [0.5, 0.6) is 0 Å². The zero-order valence-corrected chi connectivity index (χ0v) is 9.88. The number of hydrogen-bond acceptors (Lipinski definition) is 6. The molecule has 11 heavy (non-hydrogen) atoms. The molecule has 7 nitrogen and oxygen atoms in total. The first kappa shape index (κ1) is 373. The SMILES string of the molecule is N.N.N.N.N.N#[O+].[Cl-].[Cl-].[Cl-].[Ru+2]. The molecule has 0 amide bonds. The number of halogens is 3. The van der Waals surface area contributed by atoms with Crippen LogP contribution in [0.3, 0.4) is 0 Å². The van der Waals surface area contributed by atoms with Crippen molar-refractivity contribution < 1.29 is 61.5 Å². The van der Waals surface area contributed by atoms with Crippen molar-refractivity contribution in [1.29, 1.82) is 5.46 Å². The van der Waals surface area contributed by atoms with Gasteiger partial charge in [0.05, 0.1) is 0 Å². The largest absolute Gasteiger partial charge is 2.00 e. The normalized spacial score (nSPS) is 0.182. The van der Waals surface area contributed by atoms with E-state index >= 15 is 0 Å². The summed E-state index contributed by atoms with van der Waals surface area (Å²) in [5.41, 5.74) is 5.75. The van der Waals surface area contributed by atoms with Gasteiger partial charge in [0.25, 0.3) is 0 Å². The molecular formula is H15Cl3N6ORu. The average molecular weight is 323 g/mol. The van der Waals surface area contributed by atoms with Crippen LogP contribution in [0.1, 0.15) is 0 Å². The van der Waals surface area contributed by atoms with Gasteiger partial charge in [-0.1, -0.05) is 0 Å². The second-order valence-electron chi connectivity index (χ2n) is 0. The predicted octanol–water partition coefficient (Wildman–Crippen LogP) is -8.28. The fourth-order valence-corrected chi connectivity index (χ4v) is 0. The molecule has 0 aliphatic carbocycles. The Morgan fingerprint density at radius 3 is 0.545 bits per heavy atom. The first-order valence-corrected chi connectivity index (χ1v) is 0.183. The van der Waals surface area contributed by atoms with Crippen LogP contribution < -0.4 is 68.0 Å². The molecular weight excluding hydrogens is 307 g/mol. The van der Waals surface area contributed by atoms with Crippen molar-refractivity contribution >= 4 is 0 Å². The Morgan fingerprint density at radius 1 is 0.545 bits per heavy atom. The van der Waals surface area contributed by atoms with Crippen LogP contribution >= 0.6 is 0 Å². The minimum atomic E-state index is 0. The molecule has 15 N–H and O–H groups in total. The maximum atomic E-state index is 7.25. The van der Waals surface area contributed by atoms with Gasteiger partial charge in [-0.25, -0.2) is 0 Å². The van der Waals surface area contributed by atoms with Gasteiger partial charge in [-0.2, -0.15) is 0 Å². The van der Waals surface area contributed by atoms with Crippen molar-refractivity contribution in [2.45, 2.75) is 0 Å². The van der Waals surface area contributed by atoms with Crippen LogP contribution in [0.2, 0.25) is 0 Å². The van der Waals surface area contributed by atoms with E-state index < -0.39 is 0 Å². The zero-order chi connectivity index (χ0) is 2.00. The topological polar surface area (TPSA) is 219 Å². The molecule has 0 heterocycles. The van der Waals surface area contributed by atoms with Gasteiger partial charge in [0, 0.05) is 0 Å². The van der Waals surface area contributed by atoms with Gasteiger partial charge >= 0.3 is 29.7 Å². The minimum Gasteiger partial charge on any atom is -1.00 e. The Bertz CT molecular complexity index is 22.5. The molecule has 0 saturated heterocycles. The Labute approximate surface area is 97.6 Å². The number of rotatable bonds is 0. The summed E-state index contributed by atoms with van der Waals surface area (Å²) in [4.78, 5) is 0. The van der Waals surface area contributed by atoms with Crippen molar-refractivity contribution in [3.05, 3.63) is 0 Å². The van der Waals surface area contributed by atoms with E-state index in [1.165, 1.54) is 0 Å². The molecule has 0 bridgehead atoms. The van der Waals surface area contributed by atoms with Crippen LogP contribution in [0.25, 0.3) is 0 Å². The first-order valence-electron chi connectivity index (χ1n) is 0.183. The smallest absolute Gasteiger partial charge is 1.00 e. The molecule has 0 aromatic rings. The number of hydrogen-bond donors (Lipinski definition) is 5. The average Bonchev–Trinajstić information content (AvgIpc) is 1.00. The molecule has 0 radical (unpaired) electrons. The monoisotopic (exact) mass is 322 g/mol. The molecule has 80 valence electrons. The van der Waals surface area contributed by atoms with Gasteiger partial charge < -0.3 is 68.0 Å². The van der Waals surface area contributed by atoms with E-state index in [4.69, 9.17) is 10.2 Å². The number of nitrogens with zero attached hydrogens (tertiary/aromatic N) is 1. The zero-order valence-electron chi connectivity index (χ0n) is 5.88. The molecule has 0 aliphatic rings. The van der Waals surface area contributed by atoms with Gasteiger partial charge in [-0.3, -0.25) is 0 Å². The molecule has 0 aromatic heterocycles. The van der Waals surface area contributed by atoms with Gasteiger partial charge in [0.1, 0.15) is 0 Å². The van der Waals surface area contributed by atoms with Gasteiger partial charge in [-0.05, 0) is 0 Å². The molecule has 0 rings (SSSR count). The van der Waals surface area contributed by atoms with E-state index in [0.717, 1.165) is 0 Å². The molecule has 0 spiro atoms. The minimum absolute atomic E-state index is 0. The third kappa shape index (κ3) is 949. The van der Waals surface area contributed by atoms with Crippen molar-refractivity contribution in [1.82, 2.24) is 30.8 Å². The van der Waals surface area contributed by atoms with Gasteiger partial charge in [0.2, 0.25) is 0 Å². The van der Waals surface area contributed by atoms with Crippen molar-refractivity contribution in [3.63, 3.8) is 0 Å². The summed E-state index contributed by atoms with van der Waals surface area (Å²) in [6, 6.07) is 0. The van der Waals surface area contributed by atoms with Crippen molar-refractivity contribution in [2.75, 3.05) is 0 Å². The maximum Gasteiger partial charge on any atom is 2.00 e. The van der Waals surface area contributed by atoms with E-state index in [2.05, 4.69) is 0 Å². The Morgan fingerprint density at radius 2 is 0.545 bits per heavy atom. The molecule has 0 fully saturated rings. The van der Waals surface area contributed by atoms with E-state index in [-0.39, 0.29) is 87.5 Å². The molecule has 0 saturated carbocycles. The molecule has 0 unspecified atom stereocenters. The van der Waals surface area contributed by atoms with Crippen molar-refractivity contribution in [3.8, 4) is 0 Å². The van der Waals surface area contributed by atoms with Crippen LogP contribution in [-0.2, 0) is 24.3 Å². The molecule has 0 aliphatic heterocycles. The molecule has 0 atom stereocenters. The van der Waals surface area contributed by atoms with E-state index in [1.54, 1.807) is 0 Å². The summed E-state index contributed by atoms with van der Waals surface area (Å²) in [5, 5.41) is 0. The second-order valence-corrected chi connectivity index (χ2v) is 0. The second kappa shape index (κ2) is 1170. The Kier molecular flexibility index (Phi) is 39800. The van der Waals surface area contributed by atoms with Crippen molar-refractivity contribution in [2.24, 2.45) is 0 Å². The van der Waals surface area contributed by atoms with Crippen LogP contribution in [-0.4, -0.2) is 0 Å². The van der Waals surface area contributed by atoms with Crippen LogP contribution in [0.4, 0.5) is 0 Å². The van der Waals surface area contributed by atoms with E-state index in [9.17, 15) is 0 Å². The summed E-state index contributed by atoms with van der Waals surface area (Å²) >= 11 is 0. The summed E-state index contributed by atoms with van der Waals surface area (Å²) in [6.07, 6.45) is 0. The fourth-order valence-electron chi connectivity index (χ4n) is 0. The fraction of sp³-hybridized carbons (Fsp3) is 0. The summed E-state index contributed by atoms with van der Waals surface area (Å²) in [6.45, 7) is 0. The van der Waals surface area contributed by atoms with Crippen LogP contribution in [0, 0.1) is 5.46 Å². The molecule has 11 heteroatoms. The molecule has 0 aromatic carbocycles. The van der Waals surface area contributed by atoms with Crippen LogP contribution in [0.15, 0.2) is 0 Å². The summed E-state index contributed by atoms with van der Waals surface area (Å²) in [7, 11) is 0. The predicted molar refractivity (Wildman–Crippen MR) is 27.5 cm³/mol. The summed E-state index contributed by atoms with van der Waals surface area (Å²) in [5.74, 6) is 0. The summed E-state index contributed by atoms with van der Waals surface area (Å²) < 4.78 is 7.25. The third-order valence-corrected chi connectivity index (χ3v) is 0. The first-order chi connectivity index (χ1) is 1.00. The Hall–Kier alpha value is 0.963. The van der Waals surface area contributed by atoms with E-state index in [0.29, 0.717) is 0 Å². The maximum absolute atomic E-state index is 7.25. The third-order valence-electron chi connectivity index (χ3n) is 0. The van der Waals surface area contributed by atoms with E-state index in [1.807, 2.05) is 0 Å². The Balaban J connectivity index is -0.000000000139. The van der Waals surface area contributed by atoms with Gasteiger partial charge in [0.15, 0.2) is 0 Å². The standard InChI is InChI=1S/3ClH.NO.5H3N.Ru/c;;;1-2;;;;;;/h3*1H;;5*1H3;/q;;;+1;;;;;;+2/p-3. The quantitative estimate of drug-likeness (QED) is 0.215.